The van der Waals surface area contributed by atoms with Gasteiger partial charge in [0.1, 0.15) is 28.6 Å². The Kier molecular flexibility index (Phi) is 3.74. The van der Waals surface area contributed by atoms with E-state index in [4.69, 9.17) is 8.94 Å². The summed E-state index contributed by atoms with van der Waals surface area (Å²) in [7, 11) is 0. The minimum atomic E-state index is -0.354. The maximum absolute atomic E-state index is 13.0. The van der Waals surface area contributed by atoms with E-state index in [0.717, 1.165) is 0 Å². The molecule has 1 aromatic carbocycles. The number of aromatic nitrogens is 1. The molecular formula is C16H13FN2O3. The number of nitrogens with zero attached hydrogens (tertiary/aromatic N) is 1. The van der Waals surface area contributed by atoms with Crippen molar-refractivity contribution in [2.24, 2.45) is 0 Å². The molecule has 112 valence electrons. The van der Waals surface area contributed by atoms with Crippen LogP contribution in [0.15, 0.2) is 51.6 Å². The Morgan fingerprint density at radius 1 is 1.27 bits per heavy atom. The number of carbonyl (C=O) groups is 1. The van der Waals surface area contributed by atoms with Crippen molar-refractivity contribution < 1.29 is 18.1 Å². The molecule has 0 spiro atoms. The molecule has 0 saturated heterocycles. The third-order valence-corrected chi connectivity index (χ3v) is 3.21. The summed E-state index contributed by atoms with van der Waals surface area (Å²) in [6, 6.07) is 9.23. The second kappa shape index (κ2) is 5.85. The lowest BCUT2D eigenvalue weighted by atomic mass is 10.1. The molecule has 0 atom stereocenters. The molecule has 0 fully saturated rings. The van der Waals surface area contributed by atoms with Crippen molar-refractivity contribution in [3.63, 3.8) is 0 Å². The first-order valence-corrected chi connectivity index (χ1v) is 6.68. The largest absolute Gasteiger partial charge is 0.467 e. The number of rotatable bonds is 4. The van der Waals surface area contributed by atoms with E-state index in [-0.39, 0.29) is 18.3 Å². The molecule has 0 bridgehead atoms. The number of amides is 1. The molecule has 2 aromatic heterocycles. The fraction of sp³-hybridized carbons (Fsp3) is 0.125. The first kappa shape index (κ1) is 14.1. The molecule has 0 saturated carbocycles. The number of nitrogens with one attached hydrogen (secondary N) is 1. The van der Waals surface area contributed by atoms with Gasteiger partial charge in [-0.05, 0) is 43.3 Å². The van der Waals surface area contributed by atoms with Gasteiger partial charge in [0.2, 0.25) is 0 Å². The summed E-state index contributed by atoms with van der Waals surface area (Å²) in [4.78, 5) is 12.4. The molecule has 22 heavy (non-hydrogen) atoms. The van der Waals surface area contributed by atoms with Crippen LogP contribution in [0.25, 0.3) is 11.3 Å². The summed E-state index contributed by atoms with van der Waals surface area (Å²) < 4.78 is 23.3. The molecule has 0 aliphatic carbocycles. The van der Waals surface area contributed by atoms with Crippen molar-refractivity contribution in [1.82, 2.24) is 10.5 Å². The van der Waals surface area contributed by atoms with Gasteiger partial charge in [0, 0.05) is 5.56 Å². The van der Waals surface area contributed by atoms with Gasteiger partial charge in [0.25, 0.3) is 5.91 Å². The summed E-state index contributed by atoms with van der Waals surface area (Å²) in [5.74, 6) is 0.365. The lowest BCUT2D eigenvalue weighted by Gasteiger charge is -2.04. The van der Waals surface area contributed by atoms with Crippen molar-refractivity contribution in [2.75, 3.05) is 0 Å². The van der Waals surface area contributed by atoms with E-state index in [2.05, 4.69) is 10.5 Å². The second-order valence-electron chi connectivity index (χ2n) is 4.73. The van der Waals surface area contributed by atoms with E-state index >= 15 is 0 Å². The quantitative estimate of drug-likeness (QED) is 0.802. The van der Waals surface area contributed by atoms with Crippen LogP contribution in [0, 0.1) is 12.7 Å². The highest BCUT2D eigenvalue weighted by Crippen LogP contribution is 2.25. The molecule has 2 heterocycles. The van der Waals surface area contributed by atoms with Gasteiger partial charge in [-0.15, -0.1) is 0 Å². The monoisotopic (exact) mass is 300 g/mol. The molecule has 0 aliphatic heterocycles. The molecule has 5 nitrogen and oxygen atoms in total. The van der Waals surface area contributed by atoms with E-state index in [1.165, 1.54) is 18.4 Å². The smallest absolute Gasteiger partial charge is 0.257 e. The van der Waals surface area contributed by atoms with Gasteiger partial charge in [-0.3, -0.25) is 4.79 Å². The van der Waals surface area contributed by atoms with Crippen LogP contribution in [0.2, 0.25) is 0 Å². The Morgan fingerprint density at radius 3 is 2.73 bits per heavy atom. The summed E-state index contributed by atoms with van der Waals surface area (Å²) in [5.41, 5.74) is 1.33. The topological polar surface area (TPSA) is 68.3 Å². The third-order valence-electron chi connectivity index (χ3n) is 3.21. The van der Waals surface area contributed by atoms with Crippen molar-refractivity contribution in [2.45, 2.75) is 13.5 Å². The maximum atomic E-state index is 13.0. The van der Waals surface area contributed by atoms with E-state index in [0.29, 0.717) is 28.3 Å². The first-order chi connectivity index (χ1) is 10.6. The van der Waals surface area contributed by atoms with Gasteiger partial charge in [-0.1, -0.05) is 5.16 Å². The van der Waals surface area contributed by atoms with Crippen molar-refractivity contribution in [3.05, 3.63) is 65.6 Å². The normalized spacial score (nSPS) is 10.6. The number of furan rings is 1. The highest BCUT2D eigenvalue weighted by molar-refractivity contribution is 6.00. The summed E-state index contributed by atoms with van der Waals surface area (Å²) in [6.07, 6.45) is 1.54. The highest BCUT2D eigenvalue weighted by atomic mass is 19.1. The van der Waals surface area contributed by atoms with Gasteiger partial charge in [-0.2, -0.15) is 0 Å². The minimum absolute atomic E-state index is 0.263. The van der Waals surface area contributed by atoms with Crippen LogP contribution >= 0.6 is 0 Å². The Balaban J connectivity index is 1.85. The van der Waals surface area contributed by atoms with Crippen LogP contribution in [0.5, 0.6) is 0 Å². The van der Waals surface area contributed by atoms with Crippen LogP contribution in [0.4, 0.5) is 4.39 Å². The van der Waals surface area contributed by atoms with E-state index in [9.17, 15) is 9.18 Å². The van der Waals surface area contributed by atoms with Gasteiger partial charge >= 0.3 is 0 Å². The Bertz CT molecular complexity index is 776. The Morgan fingerprint density at radius 2 is 2.05 bits per heavy atom. The molecule has 1 N–H and O–H groups in total. The Hall–Kier alpha value is -2.89. The minimum Gasteiger partial charge on any atom is -0.467 e. The number of halogens is 1. The molecule has 1 amide bonds. The predicted octanol–water partition coefficient (Wildman–Crippen LogP) is 3.31. The molecule has 0 unspecified atom stereocenters. The summed E-state index contributed by atoms with van der Waals surface area (Å²) >= 11 is 0. The molecule has 0 radical (unpaired) electrons. The maximum Gasteiger partial charge on any atom is 0.257 e. The molecule has 3 rings (SSSR count). The van der Waals surface area contributed by atoms with Crippen molar-refractivity contribution in [3.8, 4) is 11.3 Å². The third kappa shape index (κ3) is 2.76. The van der Waals surface area contributed by atoms with E-state index in [1.54, 1.807) is 31.2 Å². The van der Waals surface area contributed by atoms with Crippen molar-refractivity contribution in [1.29, 1.82) is 0 Å². The van der Waals surface area contributed by atoms with Crippen LogP contribution in [0.3, 0.4) is 0 Å². The van der Waals surface area contributed by atoms with Gasteiger partial charge < -0.3 is 14.3 Å². The average molecular weight is 300 g/mol. The number of carbonyl (C=O) groups excluding carboxylic acids is 1. The number of hydrogen-bond acceptors (Lipinski definition) is 4. The number of hydrogen-bond donors (Lipinski definition) is 1. The standard InChI is InChI=1S/C16H13FN2O3/c1-10-14(16(20)18-9-13-3-2-8-21-13)15(19-22-10)11-4-6-12(17)7-5-11/h2-8H,9H2,1H3,(H,18,20). The number of aryl methyl sites for hydroxylation is 1. The lowest BCUT2D eigenvalue weighted by Crippen LogP contribution is -2.23. The second-order valence-corrected chi connectivity index (χ2v) is 4.73. The molecule has 6 heteroatoms. The van der Waals surface area contributed by atoms with Crippen LogP contribution in [-0.4, -0.2) is 11.1 Å². The summed E-state index contributed by atoms with van der Waals surface area (Å²) in [5, 5.41) is 6.64. The zero-order chi connectivity index (χ0) is 15.5. The highest BCUT2D eigenvalue weighted by Gasteiger charge is 2.21. The first-order valence-electron chi connectivity index (χ1n) is 6.68. The average Bonchev–Trinajstić information content (AvgIpc) is 3.15. The van der Waals surface area contributed by atoms with Crippen LogP contribution in [0.1, 0.15) is 21.9 Å². The zero-order valence-corrected chi connectivity index (χ0v) is 11.8. The predicted molar refractivity (Wildman–Crippen MR) is 76.5 cm³/mol. The van der Waals surface area contributed by atoms with Gasteiger partial charge in [-0.25, -0.2) is 4.39 Å². The fourth-order valence-corrected chi connectivity index (χ4v) is 2.11. The van der Waals surface area contributed by atoms with E-state index < -0.39 is 0 Å². The molecule has 3 aromatic rings. The van der Waals surface area contributed by atoms with Crippen LogP contribution in [-0.2, 0) is 6.54 Å². The number of benzene rings is 1. The van der Waals surface area contributed by atoms with E-state index in [1.807, 2.05) is 0 Å². The van der Waals surface area contributed by atoms with Gasteiger partial charge in [0.05, 0.1) is 12.8 Å². The van der Waals surface area contributed by atoms with Crippen molar-refractivity contribution >= 4 is 5.91 Å². The zero-order valence-electron chi connectivity index (χ0n) is 11.8. The molecule has 0 aliphatic rings. The van der Waals surface area contributed by atoms with Crippen LogP contribution < -0.4 is 5.32 Å². The molecular weight excluding hydrogens is 287 g/mol. The van der Waals surface area contributed by atoms with Gasteiger partial charge in [0.15, 0.2) is 0 Å². The fourth-order valence-electron chi connectivity index (χ4n) is 2.11. The summed E-state index contributed by atoms with van der Waals surface area (Å²) in [6.45, 7) is 1.92. The lowest BCUT2D eigenvalue weighted by molar-refractivity contribution is 0.0947. The SMILES string of the molecule is Cc1onc(-c2ccc(F)cc2)c1C(=O)NCc1ccco1. The Labute approximate surface area is 125 Å².